The lowest BCUT2D eigenvalue weighted by Gasteiger charge is -2.30. The summed E-state index contributed by atoms with van der Waals surface area (Å²) < 4.78 is 94.3. The summed E-state index contributed by atoms with van der Waals surface area (Å²) in [6, 6.07) is 4.38. The number of ether oxygens (including phenoxy) is 2. The molecule has 2 saturated heterocycles. The lowest BCUT2D eigenvalue weighted by Crippen LogP contribution is -2.43. The molecule has 0 spiro atoms. The molecule has 0 unspecified atom stereocenters. The number of hydrogen-bond acceptors (Lipinski definition) is 7. The molecule has 6 rings (SSSR count). The zero-order valence-corrected chi connectivity index (χ0v) is 21.9. The monoisotopic (exact) mass is 598 g/mol. The molecule has 4 aromatic rings. The molecular weight excluding hydrogens is 578 g/mol. The largest absolute Gasteiger partial charge is 0.508 e. The van der Waals surface area contributed by atoms with Gasteiger partial charge in [-0.15, -0.1) is 0 Å². The highest BCUT2D eigenvalue weighted by Gasteiger charge is 2.49. The summed E-state index contributed by atoms with van der Waals surface area (Å²) in [5.74, 6) is -2.83. The van der Waals surface area contributed by atoms with Crippen LogP contribution in [0.1, 0.15) is 19.3 Å². The van der Waals surface area contributed by atoms with Crippen LogP contribution in [0.25, 0.3) is 32.9 Å². The van der Waals surface area contributed by atoms with E-state index in [1.807, 2.05) is 4.90 Å². The van der Waals surface area contributed by atoms with Crippen LogP contribution in [0.2, 0.25) is 5.02 Å². The number of nitrogens with zero attached hydrogens (tertiary/aromatic N) is 4. The van der Waals surface area contributed by atoms with Gasteiger partial charge in [0.2, 0.25) is 5.88 Å². The second-order valence-electron chi connectivity index (χ2n) is 10.2. The molecule has 4 heterocycles. The van der Waals surface area contributed by atoms with Crippen molar-refractivity contribution in [1.29, 1.82) is 0 Å². The van der Waals surface area contributed by atoms with Crippen molar-refractivity contribution in [3.05, 3.63) is 47.1 Å². The van der Waals surface area contributed by atoms with Crippen LogP contribution in [0.3, 0.4) is 0 Å². The topological polar surface area (TPSA) is 80.6 Å². The van der Waals surface area contributed by atoms with Crippen LogP contribution in [0, 0.1) is 11.6 Å². The molecule has 2 aliphatic rings. The van der Waals surface area contributed by atoms with Gasteiger partial charge in [0.05, 0.1) is 15.9 Å². The summed E-state index contributed by atoms with van der Waals surface area (Å²) in [5, 5.41) is 9.96. The Morgan fingerprint density at radius 2 is 1.95 bits per heavy atom. The van der Waals surface area contributed by atoms with Crippen molar-refractivity contribution in [1.82, 2.24) is 19.9 Å². The lowest BCUT2D eigenvalue weighted by atomic mass is 9.95. The molecule has 0 bridgehead atoms. The van der Waals surface area contributed by atoms with Crippen LogP contribution >= 0.6 is 11.6 Å². The number of hydrogen-bond donors (Lipinski definition) is 1. The molecule has 0 amide bonds. The molecule has 7 nitrogen and oxygen atoms in total. The molecule has 2 aliphatic heterocycles. The Hall–Kier alpha value is -3.58. The number of halogens is 7. The fourth-order valence-electron chi connectivity index (χ4n) is 5.74. The van der Waals surface area contributed by atoms with Gasteiger partial charge in [0.1, 0.15) is 35.6 Å². The van der Waals surface area contributed by atoms with Crippen LogP contribution in [0.5, 0.6) is 17.6 Å². The molecule has 2 atom stereocenters. The number of phenols is 1. The Morgan fingerprint density at radius 1 is 1.15 bits per heavy atom. The Bertz CT molecular complexity index is 1670. The van der Waals surface area contributed by atoms with Gasteiger partial charge in [0.25, 0.3) is 0 Å². The summed E-state index contributed by atoms with van der Waals surface area (Å²) in [5.41, 5.74) is -1.61. The van der Waals surface area contributed by atoms with E-state index in [2.05, 4.69) is 15.0 Å². The summed E-state index contributed by atoms with van der Waals surface area (Å²) in [4.78, 5) is 14.0. The maximum absolute atomic E-state index is 16.1. The lowest BCUT2D eigenvalue weighted by molar-refractivity contribution is -0.153. The van der Waals surface area contributed by atoms with Crippen molar-refractivity contribution in [3.63, 3.8) is 0 Å². The number of benzene rings is 2. The normalized spacial score (nSPS) is 21.1. The minimum atomic E-state index is -4.73. The van der Waals surface area contributed by atoms with Gasteiger partial charge in [-0.05, 0) is 43.0 Å². The first-order valence-corrected chi connectivity index (χ1v) is 13.0. The van der Waals surface area contributed by atoms with Gasteiger partial charge in [-0.1, -0.05) is 17.7 Å². The van der Waals surface area contributed by atoms with E-state index in [9.17, 15) is 27.1 Å². The van der Waals surface area contributed by atoms with Crippen LogP contribution in [0.15, 0.2) is 30.5 Å². The molecule has 2 aromatic carbocycles. The van der Waals surface area contributed by atoms with Crippen molar-refractivity contribution in [2.24, 2.45) is 0 Å². The second kappa shape index (κ2) is 10.1. The predicted octanol–water partition coefficient (Wildman–Crippen LogP) is 6.38. The molecule has 0 aliphatic carbocycles. The standard InChI is InChI=1S/C27H21ClF6N4O3/c28-20-18(30)3-2-13-6-15(39)7-16(19(13)20)22-21(31)23-17(9-35-22)24(40-12-27(32,33)34)37-25(36-23)41-11-26-4-1-5-38(26)10-14(29)8-26/h2-3,6-7,9,14,39H,1,4-5,8,10-12H2/t14-,26+/m1/s1. The third-order valence-corrected chi connectivity index (χ3v) is 7.85. The average molecular weight is 599 g/mol. The average Bonchev–Trinajstić information content (AvgIpc) is 3.43. The summed E-state index contributed by atoms with van der Waals surface area (Å²) in [7, 11) is 0. The van der Waals surface area contributed by atoms with Crippen LogP contribution in [-0.2, 0) is 0 Å². The van der Waals surface area contributed by atoms with Gasteiger partial charge in [0, 0.05) is 30.1 Å². The van der Waals surface area contributed by atoms with Gasteiger partial charge in [0.15, 0.2) is 12.4 Å². The highest BCUT2D eigenvalue weighted by Crippen LogP contribution is 2.42. The second-order valence-corrected chi connectivity index (χ2v) is 10.6. The van der Waals surface area contributed by atoms with Gasteiger partial charge >= 0.3 is 12.2 Å². The number of aromatic nitrogens is 3. The first kappa shape index (κ1) is 27.6. The fourth-order valence-corrected chi connectivity index (χ4v) is 6.01. The van der Waals surface area contributed by atoms with Crippen LogP contribution in [-0.4, -0.2) is 69.1 Å². The Morgan fingerprint density at radius 3 is 2.73 bits per heavy atom. The molecule has 14 heteroatoms. The molecule has 216 valence electrons. The third-order valence-electron chi connectivity index (χ3n) is 7.48. The number of pyridine rings is 1. The SMILES string of the molecule is Oc1cc(-c2ncc3c(OCC(F)(F)F)nc(OC[C@@]45CCCN4C[C@H](F)C5)nc3c2F)c2c(Cl)c(F)ccc2c1. The van der Waals surface area contributed by atoms with Gasteiger partial charge in [-0.25, -0.2) is 13.2 Å². The van der Waals surface area contributed by atoms with Crippen molar-refractivity contribution in [2.45, 2.75) is 37.1 Å². The van der Waals surface area contributed by atoms with E-state index in [-0.39, 0.29) is 52.1 Å². The van der Waals surface area contributed by atoms with E-state index in [1.54, 1.807) is 0 Å². The number of rotatable bonds is 6. The highest BCUT2D eigenvalue weighted by atomic mass is 35.5. The minimum absolute atomic E-state index is 0.0525. The highest BCUT2D eigenvalue weighted by molar-refractivity contribution is 6.37. The van der Waals surface area contributed by atoms with Crippen molar-refractivity contribution < 1.29 is 40.9 Å². The van der Waals surface area contributed by atoms with Crippen molar-refractivity contribution in [3.8, 4) is 28.9 Å². The molecule has 0 radical (unpaired) electrons. The quantitative estimate of drug-likeness (QED) is 0.258. The number of fused-ring (bicyclic) bond motifs is 3. The number of aromatic hydroxyl groups is 1. The molecule has 41 heavy (non-hydrogen) atoms. The summed E-state index contributed by atoms with van der Waals surface area (Å²) >= 11 is 6.19. The van der Waals surface area contributed by atoms with E-state index in [4.69, 9.17) is 21.1 Å². The van der Waals surface area contributed by atoms with Gasteiger partial charge in [-0.2, -0.15) is 23.1 Å². The van der Waals surface area contributed by atoms with E-state index < -0.39 is 59.2 Å². The van der Waals surface area contributed by atoms with Crippen LogP contribution in [0.4, 0.5) is 26.3 Å². The maximum Gasteiger partial charge on any atom is 0.422 e. The Labute approximate surface area is 233 Å². The smallest absolute Gasteiger partial charge is 0.422 e. The number of alkyl halides is 4. The van der Waals surface area contributed by atoms with E-state index in [0.717, 1.165) is 24.8 Å². The van der Waals surface area contributed by atoms with E-state index in [0.29, 0.717) is 13.0 Å². The van der Waals surface area contributed by atoms with Crippen LogP contribution < -0.4 is 9.47 Å². The van der Waals surface area contributed by atoms with Crippen molar-refractivity contribution >= 4 is 33.3 Å². The molecular formula is C27H21ClF6N4O3. The van der Waals surface area contributed by atoms with E-state index >= 15 is 4.39 Å². The molecule has 1 N–H and O–H groups in total. The first-order chi connectivity index (χ1) is 19.4. The zero-order chi connectivity index (χ0) is 29.1. The molecule has 2 fully saturated rings. The van der Waals surface area contributed by atoms with Gasteiger partial charge in [-0.3, -0.25) is 9.88 Å². The Balaban J connectivity index is 1.47. The molecule has 2 aromatic heterocycles. The molecule has 0 saturated carbocycles. The maximum atomic E-state index is 16.1. The minimum Gasteiger partial charge on any atom is -0.508 e. The summed E-state index contributed by atoms with van der Waals surface area (Å²) in [6.07, 6.45) is -3.10. The zero-order valence-electron chi connectivity index (χ0n) is 21.1. The first-order valence-electron chi connectivity index (χ1n) is 12.6. The predicted molar refractivity (Wildman–Crippen MR) is 137 cm³/mol. The summed E-state index contributed by atoms with van der Waals surface area (Å²) in [6.45, 7) is -0.877. The van der Waals surface area contributed by atoms with Crippen molar-refractivity contribution in [2.75, 3.05) is 26.3 Å². The third kappa shape index (κ3) is 5.05. The Kier molecular flexibility index (Phi) is 6.76. The van der Waals surface area contributed by atoms with Gasteiger partial charge < -0.3 is 14.6 Å². The van der Waals surface area contributed by atoms with E-state index in [1.165, 1.54) is 12.1 Å². The number of phenolic OH excluding ortho intramolecular Hbond substituents is 1. The fraction of sp³-hybridized carbons (Fsp3) is 0.370.